The number of aromatic nitrogens is 2. The van der Waals surface area contributed by atoms with Crippen molar-refractivity contribution in [2.75, 3.05) is 6.61 Å². The van der Waals surface area contributed by atoms with Crippen molar-refractivity contribution in [1.82, 2.24) is 9.13 Å². The quantitative estimate of drug-likeness (QED) is 0.235. The van der Waals surface area contributed by atoms with Gasteiger partial charge in [0, 0.05) is 22.6 Å². The van der Waals surface area contributed by atoms with Crippen LogP contribution < -0.4 is 14.9 Å². The Balaban J connectivity index is 1.60. The van der Waals surface area contributed by atoms with E-state index in [0.29, 0.717) is 20.6 Å². The molecule has 216 valence electrons. The van der Waals surface area contributed by atoms with E-state index in [0.717, 1.165) is 33.8 Å². The molecule has 0 amide bonds. The lowest BCUT2D eigenvalue weighted by molar-refractivity contribution is -0.138. The summed E-state index contributed by atoms with van der Waals surface area (Å²) in [7, 11) is 0. The van der Waals surface area contributed by atoms with Gasteiger partial charge in [-0.05, 0) is 80.8 Å². The predicted molar refractivity (Wildman–Crippen MR) is 167 cm³/mol. The predicted octanol–water partition coefficient (Wildman–Crippen LogP) is 5.79. The van der Waals surface area contributed by atoms with E-state index in [9.17, 15) is 14.0 Å². The maximum atomic E-state index is 14.2. The number of fused-ring (bicyclic) bond motifs is 1. The second-order valence-corrected chi connectivity index (χ2v) is 11.5. The molecule has 0 saturated heterocycles. The zero-order valence-corrected chi connectivity index (χ0v) is 25.1. The number of benzene rings is 3. The molecule has 0 N–H and O–H groups in total. The Bertz CT molecular complexity index is 2070. The highest BCUT2D eigenvalue weighted by molar-refractivity contribution is 7.07. The second-order valence-electron chi connectivity index (χ2n) is 10.5. The summed E-state index contributed by atoms with van der Waals surface area (Å²) in [5.41, 5.74) is 6.85. The number of carbonyl (C=O) groups is 1. The molecule has 0 radical (unpaired) electrons. The first kappa shape index (κ1) is 28.3. The summed E-state index contributed by atoms with van der Waals surface area (Å²) in [6, 6.07) is 24.7. The van der Waals surface area contributed by atoms with Crippen LogP contribution >= 0.6 is 11.3 Å². The number of hydrogen-bond donors (Lipinski definition) is 0. The summed E-state index contributed by atoms with van der Waals surface area (Å²) in [6.07, 6.45) is 1.89. The van der Waals surface area contributed by atoms with E-state index in [4.69, 9.17) is 9.73 Å². The molecule has 0 spiro atoms. The van der Waals surface area contributed by atoms with Crippen LogP contribution in [-0.2, 0) is 9.53 Å². The summed E-state index contributed by atoms with van der Waals surface area (Å²) in [4.78, 5) is 33.1. The van der Waals surface area contributed by atoms with Gasteiger partial charge in [0.2, 0.25) is 0 Å². The fraction of sp³-hybridized carbons (Fsp3) is 0.171. The van der Waals surface area contributed by atoms with Gasteiger partial charge in [-0.2, -0.15) is 0 Å². The van der Waals surface area contributed by atoms with Gasteiger partial charge in [0.25, 0.3) is 5.56 Å². The first-order valence-electron chi connectivity index (χ1n) is 14.1. The van der Waals surface area contributed by atoms with Crippen molar-refractivity contribution in [3.05, 3.63) is 150 Å². The van der Waals surface area contributed by atoms with Crippen LogP contribution in [0.1, 0.15) is 46.6 Å². The smallest absolute Gasteiger partial charge is 0.338 e. The van der Waals surface area contributed by atoms with Crippen molar-refractivity contribution < 1.29 is 13.9 Å². The minimum atomic E-state index is -0.854. The fourth-order valence-corrected chi connectivity index (χ4v) is 6.63. The van der Waals surface area contributed by atoms with Crippen molar-refractivity contribution in [3.63, 3.8) is 0 Å². The Labute approximate surface area is 252 Å². The van der Waals surface area contributed by atoms with Gasteiger partial charge in [-0.3, -0.25) is 9.36 Å². The summed E-state index contributed by atoms with van der Waals surface area (Å²) in [5, 5.41) is 0. The van der Waals surface area contributed by atoms with Crippen molar-refractivity contribution in [1.29, 1.82) is 0 Å². The van der Waals surface area contributed by atoms with E-state index in [1.165, 1.54) is 28.0 Å². The van der Waals surface area contributed by atoms with Crippen LogP contribution in [-0.4, -0.2) is 21.7 Å². The zero-order valence-electron chi connectivity index (χ0n) is 24.3. The third kappa shape index (κ3) is 5.19. The molecule has 3 aromatic carbocycles. The average molecular weight is 592 g/mol. The number of thiazole rings is 1. The lowest BCUT2D eigenvalue weighted by Gasteiger charge is -2.25. The van der Waals surface area contributed by atoms with Gasteiger partial charge in [-0.1, -0.05) is 65.9 Å². The first-order valence-corrected chi connectivity index (χ1v) is 14.9. The molecule has 6 nitrogen and oxygen atoms in total. The molecular formula is C35H30FN3O3S. The molecule has 5 aromatic rings. The van der Waals surface area contributed by atoms with Crippen molar-refractivity contribution >= 4 is 29.1 Å². The number of carbonyl (C=O) groups excluding carboxylic acids is 1. The largest absolute Gasteiger partial charge is 0.463 e. The fourth-order valence-electron chi connectivity index (χ4n) is 5.64. The van der Waals surface area contributed by atoms with E-state index < -0.39 is 17.8 Å². The Hall–Kier alpha value is -4.82. The van der Waals surface area contributed by atoms with Gasteiger partial charge < -0.3 is 9.30 Å². The minimum absolute atomic E-state index is 0.154. The second kappa shape index (κ2) is 11.5. The lowest BCUT2D eigenvalue weighted by Crippen LogP contribution is -2.40. The first-order chi connectivity index (χ1) is 20.8. The average Bonchev–Trinajstić information content (AvgIpc) is 3.46. The van der Waals surface area contributed by atoms with Crippen molar-refractivity contribution in [3.8, 4) is 5.69 Å². The standard InChI is InChI=1S/C35H30FN3O3S/c1-5-42-34(41)30-31(24-11-7-6-8-12-24)37-35-39(32(30)25-14-16-27(36)17-15-25)33(40)29(43-35)20-26-19-22(3)38(23(26)4)28-13-9-10-21(2)18-28/h6-20,32H,5H2,1-4H3/b29-20+/t32-/m1/s1. The van der Waals surface area contributed by atoms with Gasteiger partial charge in [0.1, 0.15) is 5.82 Å². The molecular weight excluding hydrogens is 561 g/mol. The van der Waals surface area contributed by atoms with Crippen LogP contribution in [0.3, 0.4) is 0 Å². The third-order valence-electron chi connectivity index (χ3n) is 7.58. The number of hydrogen-bond acceptors (Lipinski definition) is 5. The Kier molecular flexibility index (Phi) is 7.54. The van der Waals surface area contributed by atoms with Crippen LogP contribution in [0.4, 0.5) is 4.39 Å². The number of ether oxygens (including phenoxy) is 1. The highest BCUT2D eigenvalue weighted by atomic mass is 32.1. The van der Waals surface area contributed by atoms with Crippen molar-refractivity contribution in [2.24, 2.45) is 4.99 Å². The molecule has 3 heterocycles. The van der Waals surface area contributed by atoms with Crippen LogP contribution in [0.5, 0.6) is 0 Å². The van der Waals surface area contributed by atoms with Crippen LogP contribution in [0, 0.1) is 26.6 Å². The van der Waals surface area contributed by atoms with E-state index >= 15 is 0 Å². The monoisotopic (exact) mass is 591 g/mol. The highest BCUT2D eigenvalue weighted by Gasteiger charge is 2.35. The van der Waals surface area contributed by atoms with Gasteiger partial charge in [-0.25, -0.2) is 14.2 Å². The number of halogens is 1. The van der Waals surface area contributed by atoms with E-state index in [-0.39, 0.29) is 17.7 Å². The number of nitrogens with zero attached hydrogens (tertiary/aromatic N) is 3. The topological polar surface area (TPSA) is 65.6 Å². The van der Waals surface area contributed by atoms with Crippen LogP contribution in [0.2, 0.25) is 0 Å². The van der Waals surface area contributed by atoms with Crippen LogP contribution in [0.25, 0.3) is 17.5 Å². The molecule has 0 saturated carbocycles. The summed E-state index contributed by atoms with van der Waals surface area (Å²) in [5.74, 6) is -0.986. The molecule has 1 atom stereocenters. The lowest BCUT2D eigenvalue weighted by atomic mass is 9.93. The maximum Gasteiger partial charge on any atom is 0.338 e. The maximum absolute atomic E-state index is 14.2. The van der Waals surface area contributed by atoms with E-state index in [2.05, 4.69) is 35.8 Å². The highest BCUT2D eigenvalue weighted by Crippen LogP contribution is 2.35. The number of aryl methyl sites for hydroxylation is 2. The molecule has 0 unspecified atom stereocenters. The molecule has 0 bridgehead atoms. The molecule has 0 fully saturated rings. The van der Waals surface area contributed by atoms with Gasteiger partial charge >= 0.3 is 5.97 Å². The van der Waals surface area contributed by atoms with Gasteiger partial charge in [0.15, 0.2) is 4.80 Å². The molecule has 43 heavy (non-hydrogen) atoms. The molecule has 6 rings (SSSR count). The molecule has 1 aliphatic heterocycles. The summed E-state index contributed by atoms with van der Waals surface area (Å²) in [6.45, 7) is 8.02. The Morgan fingerprint density at radius 3 is 2.44 bits per heavy atom. The third-order valence-corrected chi connectivity index (χ3v) is 8.56. The van der Waals surface area contributed by atoms with Crippen molar-refractivity contribution in [2.45, 2.75) is 33.7 Å². The SMILES string of the molecule is CCOC(=O)C1=C(c2ccccc2)N=c2s/c(=C/c3cc(C)n(-c4cccc(C)c4)c3C)c(=O)n2[C@@H]1c1ccc(F)cc1. The summed E-state index contributed by atoms with van der Waals surface area (Å²) < 4.78 is 23.7. The minimum Gasteiger partial charge on any atom is -0.463 e. The molecule has 2 aromatic heterocycles. The Morgan fingerprint density at radius 2 is 1.74 bits per heavy atom. The van der Waals surface area contributed by atoms with E-state index in [1.807, 2.05) is 56.3 Å². The normalized spacial score (nSPS) is 14.9. The zero-order chi connectivity index (χ0) is 30.2. The number of esters is 1. The van der Waals surface area contributed by atoms with E-state index in [1.54, 1.807) is 19.1 Å². The molecule has 1 aliphatic rings. The Morgan fingerprint density at radius 1 is 1.00 bits per heavy atom. The van der Waals surface area contributed by atoms with Crippen LogP contribution in [0.15, 0.2) is 100 Å². The number of rotatable bonds is 6. The van der Waals surface area contributed by atoms with Gasteiger partial charge in [-0.15, -0.1) is 0 Å². The molecule has 8 heteroatoms. The molecule has 0 aliphatic carbocycles. The van der Waals surface area contributed by atoms with Gasteiger partial charge in [0.05, 0.1) is 28.5 Å². The summed E-state index contributed by atoms with van der Waals surface area (Å²) >= 11 is 1.26.